The Balaban J connectivity index is 2.12. The molecular formula is C27H38O8. The van der Waals surface area contributed by atoms with Crippen molar-refractivity contribution in [2.75, 3.05) is 6.61 Å². The van der Waals surface area contributed by atoms with Crippen molar-refractivity contribution < 1.29 is 38.1 Å². The number of hydrogen-bond donors (Lipinski definition) is 0. The van der Waals surface area contributed by atoms with Crippen molar-refractivity contribution >= 4 is 18.5 Å². The van der Waals surface area contributed by atoms with Crippen molar-refractivity contribution in [3.8, 4) is 0 Å². The highest BCUT2D eigenvalue weighted by Crippen LogP contribution is 2.33. The molecule has 194 valence electrons. The molecule has 0 aromatic heterocycles. The Morgan fingerprint density at radius 3 is 2.34 bits per heavy atom. The molecule has 1 fully saturated rings. The lowest BCUT2D eigenvalue weighted by Gasteiger charge is -2.28. The molecule has 1 aromatic carbocycles. The van der Waals surface area contributed by atoms with Gasteiger partial charge in [-0.3, -0.25) is 0 Å². The van der Waals surface area contributed by atoms with Crippen molar-refractivity contribution in [1.82, 2.24) is 0 Å². The first-order chi connectivity index (χ1) is 16.9. The molecule has 1 aromatic rings. The van der Waals surface area contributed by atoms with Gasteiger partial charge in [0.05, 0.1) is 43.9 Å². The molecule has 0 saturated carbocycles. The first-order valence-electron chi connectivity index (χ1n) is 12.3. The molecule has 1 heterocycles. The van der Waals surface area contributed by atoms with E-state index >= 15 is 0 Å². The number of hydrogen-bond acceptors (Lipinski definition) is 8. The standard InChI is InChI=1S/C27H38O8/c1-4-31-26(30)16-19-32-22(12-8-17-28)23(33-20-21-10-6-5-7-11-21)14-15-25-24(13-9-18-29)34-27(2,3)35-25/h5-7,10-11,16-19,22-25H,4,8-9,12-15,20H2,1-3H3/b19-16+/t22-,23-,24-,25-/m0/s1. The third-order valence-electron chi connectivity index (χ3n) is 5.62. The van der Waals surface area contributed by atoms with Crippen LogP contribution in [-0.2, 0) is 44.7 Å². The van der Waals surface area contributed by atoms with E-state index in [-0.39, 0.29) is 24.9 Å². The Morgan fingerprint density at radius 2 is 1.69 bits per heavy atom. The van der Waals surface area contributed by atoms with Crippen molar-refractivity contribution in [2.45, 2.75) is 96.1 Å². The quantitative estimate of drug-likeness (QED) is 0.138. The number of ether oxygens (including phenoxy) is 5. The highest BCUT2D eigenvalue weighted by Gasteiger charge is 2.41. The lowest BCUT2D eigenvalue weighted by molar-refractivity contribution is -0.148. The molecule has 0 unspecified atom stereocenters. The summed E-state index contributed by atoms with van der Waals surface area (Å²) < 4.78 is 29.2. The lowest BCUT2D eigenvalue weighted by Crippen LogP contribution is -2.33. The molecule has 0 N–H and O–H groups in total. The van der Waals surface area contributed by atoms with Crippen molar-refractivity contribution in [2.24, 2.45) is 0 Å². The van der Waals surface area contributed by atoms with E-state index in [2.05, 4.69) is 0 Å². The Morgan fingerprint density at radius 1 is 1.00 bits per heavy atom. The Hall–Kier alpha value is -2.55. The average molecular weight is 491 g/mol. The second kappa shape index (κ2) is 15.4. The van der Waals surface area contributed by atoms with Crippen LogP contribution in [0.2, 0.25) is 0 Å². The van der Waals surface area contributed by atoms with Gasteiger partial charge in [-0.25, -0.2) is 4.79 Å². The van der Waals surface area contributed by atoms with Gasteiger partial charge in [-0.2, -0.15) is 0 Å². The maximum atomic E-state index is 11.7. The van der Waals surface area contributed by atoms with Crippen LogP contribution in [0, 0.1) is 0 Å². The average Bonchev–Trinajstić information content (AvgIpc) is 3.14. The monoisotopic (exact) mass is 490 g/mol. The van der Waals surface area contributed by atoms with Gasteiger partial charge in [0, 0.05) is 12.8 Å². The minimum Gasteiger partial charge on any atom is -0.495 e. The van der Waals surface area contributed by atoms with Crippen LogP contribution in [0.25, 0.3) is 0 Å². The fourth-order valence-corrected chi connectivity index (χ4v) is 4.07. The fraction of sp³-hybridized carbons (Fsp3) is 0.593. The van der Waals surface area contributed by atoms with Crippen molar-refractivity contribution in [3.05, 3.63) is 48.2 Å². The van der Waals surface area contributed by atoms with Crippen LogP contribution in [0.15, 0.2) is 42.7 Å². The van der Waals surface area contributed by atoms with E-state index in [1.54, 1.807) is 6.92 Å². The maximum Gasteiger partial charge on any atom is 0.333 e. The topological polar surface area (TPSA) is 97.4 Å². The number of benzene rings is 1. The Kier molecular flexibility index (Phi) is 12.7. The van der Waals surface area contributed by atoms with Gasteiger partial charge in [-0.1, -0.05) is 30.3 Å². The van der Waals surface area contributed by atoms with Gasteiger partial charge in [0.25, 0.3) is 0 Å². The van der Waals surface area contributed by atoms with Gasteiger partial charge < -0.3 is 33.3 Å². The van der Waals surface area contributed by atoms with Gasteiger partial charge in [0.2, 0.25) is 0 Å². The third-order valence-corrected chi connectivity index (χ3v) is 5.62. The van der Waals surface area contributed by atoms with E-state index in [0.717, 1.165) is 18.1 Å². The zero-order valence-corrected chi connectivity index (χ0v) is 20.9. The molecule has 1 saturated heterocycles. The fourth-order valence-electron chi connectivity index (χ4n) is 4.07. The van der Waals surface area contributed by atoms with E-state index in [4.69, 9.17) is 23.7 Å². The second-order valence-corrected chi connectivity index (χ2v) is 8.84. The number of rotatable bonds is 17. The van der Waals surface area contributed by atoms with Crippen molar-refractivity contribution in [1.29, 1.82) is 0 Å². The number of carbonyl (C=O) groups is 3. The van der Waals surface area contributed by atoms with Crippen LogP contribution < -0.4 is 0 Å². The summed E-state index contributed by atoms with van der Waals surface area (Å²) in [6.07, 6.45) is 5.92. The SMILES string of the molecule is CCOC(=O)/C=C/O[C@@H](CCC=O)[C@H](CC[C@@H]1OC(C)(C)O[C@H]1CCC=O)OCc1ccccc1. The minimum absolute atomic E-state index is 0.192. The van der Waals surface area contributed by atoms with Gasteiger partial charge in [-0.15, -0.1) is 0 Å². The van der Waals surface area contributed by atoms with Crippen molar-refractivity contribution in [3.63, 3.8) is 0 Å². The van der Waals surface area contributed by atoms with Crippen LogP contribution >= 0.6 is 0 Å². The van der Waals surface area contributed by atoms with Crippen LogP contribution in [0.1, 0.15) is 64.9 Å². The first kappa shape index (κ1) is 28.7. The van der Waals surface area contributed by atoms with Gasteiger partial charge >= 0.3 is 5.97 Å². The number of aldehydes is 2. The number of esters is 1. The molecule has 8 nitrogen and oxygen atoms in total. The molecule has 35 heavy (non-hydrogen) atoms. The second-order valence-electron chi connectivity index (χ2n) is 8.84. The predicted octanol–water partition coefficient (Wildman–Crippen LogP) is 4.29. The molecule has 4 atom stereocenters. The molecule has 1 aliphatic heterocycles. The molecule has 0 bridgehead atoms. The van der Waals surface area contributed by atoms with E-state index in [9.17, 15) is 14.4 Å². The smallest absolute Gasteiger partial charge is 0.333 e. The third kappa shape index (κ3) is 10.7. The molecule has 0 aliphatic carbocycles. The zero-order chi connectivity index (χ0) is 25.5. The number of carbonyl (C=O) groups excluding carboxylic acids is 3. The summed E-state index contributed by atoms with van der Waals surface area (Å²) in [5.74, 6) is -1.23. The minimum atomic E-state index is -0.728. The largest absolute Gasteiger partial charge is 0.495 e. The predicted molar refractivity (Wildman–Crippen MR) is 129 cm³/mol. The van der Waals surface area contributed by atoms with Gasteiger partial charge in [0.15, 0.2) is 5.79 Å². The first-order valence-corrected chi connectivity index (χ1v) is 12.3. The van der Waals surface area contributed by atoms with Crippen LogP contribution in [0.4, 0.5) is 0 Å². The summed E-state index contributed by atoms with van der Waals surface area (Å²) in [7, 11) is 0. The summed E-state index contributed by atoms with van der Waals surface area (Å²) >= 11 is 0. The summed E-state index contributed by atoms with van der Waals surface area (Å²) in [5, 5.41) is 0. The zero-order valence-electron chi connectivity index (χ0n) is 20.9. The Labute approximate surface area is 207 Å². The van der Waals surface area contributed by atoms with E-state index in [0.29, 0.717) is 45.1 Å². The maximum absolute atomic E-state index is 11.7. The van der Waals surface area contributed by atoms with Crippen LogP contribution in [-0.4, -0.2) is 55.4 Å². The van der Waals surface area contributed by atoms with Crippen LogP contribution in [0.5, 0.6) is 0 Å². The molecular weight excluding hydrogens is 452 g/mol. The van der Waals surface area contributed by atoms with Gasteiger partial charge in [-0.05, 0) is 52.0 Å². The lowest BCUT2D eigenvalue weighted by atomic mass is 9.98. The summed E-state index contributed by atoms with van der Waals surface area (Å²) in [6, 6.07) is 9.78. The Bertz CT molecular complexity index is 792. The molecule has 2 rings (SSSR count). The highest BCUT2D eigenvalue weighted by molar-refractivity contribution is 5.81. The van der Waals surface area contributed by atoms with E-state index in [1.807, 2.05) is 44.2 Å². The van der Waals surface area contributed by atoms with E-state index in [1.165, 1.54) is 12.3 Å². The molecule has 0 amide bonds. The molecule has 1 aliphatic rings. The molecule has 0 spiro atoms. The van der Waals surface area contributed by atoms with Gasteiger partial charge in [0.1, 0.15) is 18.7 Å². The summed E-state index contributed by atoms with van der Waals surface area (Å²) in [6.45, 7) is 6.09. The van der Waals surface area contributed by atoms with Crippen LogP contribution in [0.3, 0.4) is 0 Å². The highest BCUT2D eigenvalue weighted by atomic mass is 16.7. The summed E-state index contributed by atoms with van der Waals surface area (Å²) in [4.78, 5) is 33.7. The van der Waals surface area contributed by atoms with E-state index < -0.39 is 17.9 Å². The summed E-state index contributed by atoms with van der Waals surface area (Å²) in [5.41, 5.74) is 1.01. The molecule has 0 radical (unpaired) electrons. The normalized spacial score (nSPS) is 20.9. The molecule has 8 heteroatoms.